The fourth-order valence-corrected chi connectivity index (χ4v) is 2.53. The van der Waals surface area contributed by atoms with E-state index in [1.54, 1.807) is 4.90 Å². The fourth-order valence-electron chi connectivity index (χ4n) is 2.53. The Kier molecular flexibility index (Phi) is 6.68. The van der Waals surface area contributed by atoms with E-state index in [1.165, 1.54) is 0 Å². The molecule has 1 aliphatic heterocycles. The molecule has 1 aromatic rings. The number of amides is 1. The summed E-state index contributed by atoms with van der Waals surface area (Å²) < 4.78 is 10.9. The van der Waals surface area contributed by atoms with E-state index in [0.29, 0.717) is 6.54 Å². The van der Waals surface area contributed by atoms with Crippen LogP contribution in [0, 0.1) is 13.8 Å². The topological polar surface area (TPSA) is 52.0 Å². The Balaban J connectivity index is 1.60. The maximum Gasteiger partial charge on any atom is 0.257 e. The van der Waals surface area contributed by atoms with Crippen molar-refractivity contribution in [3.05, 3.63) is 29.3 Å². The summed E-state index contributed by atoms with van der Waals surface area (Å²) in [6.07, 6.45) is 0.991. The second kappa shape index (κ2) is 8.76. The summed E-state index contributed by atoms with van der Waals surface area (Å²) in [5.74, 6) is 0.728. The smallest absolute Gasteiger partial charge is 0.257 e. The van der Waals surface area contributed by atoms with Gasteiger partial charge < -0.3 is 19.7 Å². The van der Waals surface area contributed by atoms with Crippen LogP contribution < -0.4 is 15.0 Å². The molecule has 1 aliphatic rings. The maximum atomic E-state index is 11.8. The second-order valence-corrected chi connectivity index (χ2v) is 5.87. The summed E-state index contributed by atoms with van der Waals surface area (Å²) in [5, 5.41) is 2.92. The van der Waals surface area contributed by atoms with Gasteiger partial charge in [0.1, 0.15) is 18.8 Å². The number of nitrogens with one attached hydrogen (secondary N) is 2. The number of morpholine rings is 1. The molecule has 2 N–H and O–H groups in total. The van der Waals surface area contributed by atoms with Crippen molar-refractivity contribution < 1.29 is 19.2 Å². The molecular formula is C17H27N2O3+. The summed E-state index contributed by atoms with van der Waals surface area (Å²) in [5.41, 5.74) is 2.18. The SMILES string of the molecule is Cc1ccc(C)c(OCC(=O)NCCC[NH+]2CCOCC2)c1. The van der Waals surface area contributed by atoms with Crippen molar-refractivity contribution >= 4 is 5.91 Å². The van der Waals surface area contributed by atoms with Crippen molar-refractivity contribution in [2.75, 3.05) is 46.0 Å². The molecule has 0 saturated carbocycles. The molecule has 1 heterocycles. The van der Waals surface area contributed by atoms with E-state index in [-0.39, 0.29) is 12.5 Å². The first kappa shape index (κ1) is 16.8. The molecule has 1 fully saturated rings. The summed E-state index contributed by atoms with van der Waals surface area (Å²) in [6, 6.07) is 6.01. The van der Waals surface area contributed by atoms with Gasteiger partial charge in [0.25, 0.3) is 5.91 Å². The Labute approximate surface area is 132 Å². The van der Waals surface area contributed by atoms with Gasteiger partial charge in [-0.25, -0.2) is 0 Å². The largest absolute Gasteiger partial charge is 0.483 e. The minimum absolute atomic E-state index is 0.0575. The molecule has 0 bridgehead atoms. The summed E-state index contributed by atoms with van der Waals surface area (Å²) >= 11 is 0. The third kappa shape index (κ3) is 5.66. The number of aryl methyl sites for hydroxylation is 2. The highest BCUT2D eigenvalue weighted by atomic mass is 16.5. The molecule has 22 heavy (non-hydrogen) atoms. The van der Waals surface area contributed by atoms with E-state index in [2.05, 4.69) is 5.32 Å². The van der Waals surface area contributed by atoms with Crippen molar-refractivity contribution in [2.45, 2.75) is 20.3 Å². The third-order valence-electron chi connectivity index (χ3n) is 3.93. The van der Waals surface area contributed by atoms with Crippen LogP contribution in [0.4, 0.5) is 0 Å². The monoisotopic (exact) mass is 307 g/mol. The molecule has 1 amide bonds. The van der Waals surface area contributed by atoms with Gasteiger partial charge >= 0.3 is 0 Å². The van der Waals surface area contributed by atoms with E-state index in [9.17, 15) is 4.79 Å². The highest BCUT2D eigenvalue weighted by Crippen LogP contribution is 2.18. The predicted molar refractivity (Wildman–Crippen MR) is 85.4 cm³/mol. The molecule has 122 valence electrons. The zero-order valence-electron chi connectivity index (χ0n) is 13.6. The van der Waals surface area contributed by atoms with E-state index >= 15 is 0 Å². The lowest BCUT2D eigenvalue weighted by Gasteiger charge is -2.23. The number of rotatable bonds is 7. The summed E-state index contributed by atoms with van der Waals surface area (Å²) in [7, 11) is 0. The number of hydrogen-bond donors (Lipinski definition) is 2. The van der Waals surface area contributed by atoms with Crippen molar-refractivity contribution in [1.29, 1.82) is 0 Å². The standard InChI is InChI=1S/C17H26N2O3/c1-14-4-5-15(2)16(12-14)22-13-17(20)18-6-3-7-19-8-10-21-11-9-19/h4-5,12H,3,6-11,13H2,1-2H3,(H,18,20)/p+1. The number of carbonyl (C=O) groups is 1. The Morgan fingerprint density at radius 1 is 1.32 bits per heavy atom. The Hall–Kier alpha value is -1.59. The molecule has 0 aliphatic carbocycles. The predicted octanol–water partition coefficient (Wildman–Crippen LogP) is 0.104. The van der Waals surface area contributed by atoms with Crippen LogP contribution in [-0.4, -0.2) is 51.9 Å². The molecule has 1 aromatic carbocycles. The first-order valence-corrected chi connectivity index (χ1v) is 8.03. The lowest BCUT2D eigenvalue weighted by molar-refractivity contribution is -0.908. The molecule has 0 aromatic heterocycles. The minimum Gasteiger partial charge on any atom is -0.483 e. The average molecular weight is 307 g/mol. The van der Waals surface area contributed by atoms with Crippen LogP contribution in [0.2, 0.25) is 0 Å². The molecule has 5 heteroatoms. The van der Waals surface area contributed by atoms with Crippen LogP contribution in [0.15, 0.2) is 18.2 Å². The van der Waals surface area contributed by atoms with E-state index in [0.717, 1.165) is 56.1 Å². The molecule has 0 radical (unpaired) electrons. The Morgan fingerprint density at radius 3 is 2.86 bits per heavy atom. The van der Waals surface area contributed by atoms with Gasteiger partial charge in [0.15, 0.2) is 6.61 Å². The lowest BCUT2D eigenvalue weighted by Crippen LogP contribution is -3.14. The maximum absolute atomic E-state index is 11.8. The van der Waals surface area contributed by atoms with Crippen molar-refractivity contribution in [1.82, 2.24) is 5.32 Å². The number of quaternary nitrogens is 1. The minimum atomic E-state index is -0.0575. The van der Waals surface area contributed by atoms with Gasteiger partial charge in [-0.15, -0.1) is 0 Å². The first-order valence-electron chi connectivity index (χ1n) is 8.03. The average Bonchev–Trinajstić information content (AvgIpc) is 2.53. The van der Waals surface area contributed by atoms with Gasteiger partial charge in [-0.3, -0.25) is 4.79 Å². The molecule has 5 nitrogen and oxygen atoms in total. The van der Waals surface area contributed by atoms with Crippen molar-refractivity contribution in [3.8, 4) is 5.75 Å². The second-order valence-electron chi connectivity index (χ2n) is 5.87. The Morgan fingerprint density at radius 2 is 2.09 bits per heavy atom. The zero-order chi connectivity index (χ0) is 15.8. The number of benzene rings is 1. The molecule has 0 atom stereocenters. The third-order valence-corrected chi connectivity index (χ3v) is 3.93. The van der Waals surface area contributed by atoms with Gasteiger partial charge in [0.2, 0.25) is 0 Å². The highest BCUT2D eigenvalue weighted by molar-refractivity contribution is 5.77. The van der Waals surface area contributed by atoms with Crippen LogP contribution in [0.1, 0.15) is 17.5 Å². The number of carbonyl (C=O) groups excluding carboxylic acids is 1. The summed E-state index contributed by atoms with van der Waals surface area (Å²) in [6.45, 7) is 9.72. The first-order chi connectivity index (χ1) is 10.6. The molecule has 0 spiro atoms. The van der Waals surface area contributed by atoms with Crippen molar-refractivity contribution in [3.63, 3.8) is 0 Å². The van der Waals surface area contributed by atoms with Crippen LogP contribution in [0.3, 0.4) is 0 Å². The molecule has 2 rings (SSSR count). The zero-order valence-corrected chi connectivity index (χ0v) is 13.6. The van der Waals surface area contributed by atoms with Gasteiger partial charge in [-0.1, -0.05) is 12.1 Å². The van der Waals surface area contributed by atoms with Crippen molar-refractivity contribution in [2.24, 2.45) is 0 Å². The van der Waals surface area contributed by atoms with Gasteiger partial charge in [-0.2, -0.15) is 0 Å². The summed E-state index contributed by atoms with van der Waals surface area (Å²) in [4.78, 5) is 13.4. The molecule has 0 unspecified atom stereocenters. The van der Waals surface area contributed by atoms with Gasteiger partial charge in [-0.05, 0) is 31.0 Å². The van der Waals surface area contributed by atoms with Gasteiger partial charge in [0, 0.05) is 13.0 Å². The van der Waals surface area contributed by atoms with Crippen LogP contribution in [-0.2, 0) is 9.53 Å². The van der Waals surface area contributed by atoms with Crippen LogP contribution in [0.25, 0.3) is 0 Å². The number of ether oxygens (including phenoxy) is 2. The number of hydrogen-bond acceptors (Lipinski definition) is 3. The van der Waals surface area contributed by atoms with E-state index in [4.69, 9.17) is 9.47 Å². The Bertz CT molecular complexity index is 485. The normalized spacial score (nSPS) is 15.5. The van der Waals surface area contributed by atoms with Crippen LogP contribution in [0.5, 0.6) is 5.75 Å². The van der Waals surface area contributed by atoms with Gasteiger partial charge in [0.05, 0.1) is 19.8 Å². The van der Waals surface area contributed by atoms with E-state index < -0.39 is 0 Å². The fraction of sp³-hybridized carbons (Fsp3) is 0.588. The van der Waals surface area contributed by atoms with E-state index in [1.807, 2.05) is 32.0 Å². The lowest BCUT2D eigenvalue weighted by atomic mass is 10.1. The highest BCUT2D eigenvalue weighted by Gasteiger charge is 2.13. The molecular weight excluding hydrogens is 280 g/mol. The van der Waals surface area contributed by atoms with Crippen LogP contribution >= 0.6 is 0 Å². The quantitative estimate of drug-likeness (QED) is 0.703. The molecule has 1 saturated heterocycles.